The molecule has 0 radical (unpaired) electrons. The molecule has 3 atom stereocenters. The molecule has 2 amide bonds. The first-order valence-corrected chi connectivity index (χ1v) is 9.23. The van der Waals surface area contributed by atoms with Gasteiger partial charge in [-0.3, -0.25) is 14.5 Å². The van der Waals surface area contributed by atoms with Gasteiger partial charge >= 0.3 is 0 Å². The van der Waals surface area contributed by atoms with Crippen LogP contribution in [0.3, 0.4) is 0 Å². The van der Waals surface area contributed by atoms with Gasteiger partial charge in [0, 0.05) is 38.6 Å². The number of likely N-dealkylation sites (tertiary alicyclic amines) is 1. The van der Waals surface area contributed by atoms with Gasteiger partial charge in [-0.15, -0.1) is 0 Å². The Kier molecular flexibility index (Phi) is 5.13. The molecule has 136 valence electrons. The molecule has 0 unspecified atom stereocenters. The van der Waals surface area contributed by atoms with Gasteiger partial charge in [-0.2, -0.15) is 0 Å². The Labute approximate surface area is 150 Å². The molecule has 5 nitrogen and oxygen atoms in total. The third-order valence-electron chi connectivity index (χ3n) is 5.74. The summed E-state index contributed by atoms with van der Waals surface area (Å²) in [4.78, 5) is 27.2. The molecule has 0 spiro atoms. The third kappa shape index (κ3) is 3.56. The summed E-state index contributed by atoms with van der Waals surface area (Å²) in [7, 11) is 1.72. The van der Waals surface area contributed by atoms with Crippen LogP contribution in [0.1, 0.15) is 32.3 Å². The molecule has 0 bridgehead atoms. The Hall–Kier alpha value is -1.88. The minimum Gasteiger partial charge on any atom is -0.359 e. The molecule has 2 N–H and O–H groups in total. The van der Waals surface area contributed by atoms with Gasteiger partial charge in [-0.05, 0) is 24.3 Å². The Balaban J connectivity index is 1.71. The fourth-order valence-electron chi connectivity index (χ4n) is 4.52. The molecule has 1 aliphatic carbocycles. The summed E-state index contributed by atoms with van der Waals surface area (Å²) in [5.41, 5.74) is 0.900. The predicted molar refractivity (Wildman–Crippen MR) is 97.7 cm³/mol. The van der Waals surface area contributed by atoms with E-state index in [9.17, 15) is 9.59 Å². The zero-order chi connectivity index (χ0) is 18.0. The highest BCUT2D eigenvalue weighted by molar-refractivity contribution is 5.84. The molecule has 1 saturated carbocycles. The normalized spacial score (nSPS) is 28.8. The zero-order valence-corrected chi connectivity index (χ0v) is 15.4. The standard InChI is InChI=1S/C20H29N3O2/c1-14(2)18(24)22-17-9-16-12-23(11-15-7-5-4-6-8-15)13-20(16,10-17)19(25)21-3/h4-8,14,16-17H,9-13H2,1-3H3,(H,21,25)(H,22,24)/t16-,17-,20-/m0/s1. The SMILES string of the molecule is CNC(=O)[C@]12C[C@@H](NC(=O)C(C)C)C[C@H]1CN(Cc1ccccc1)C2. The molecule has 2 aliphatic rings. The summed E-state index contributed by atoms with van der Waals surface area (Å²) >= 11 is 0. The van der Waals surface area contributed by atoms with Crippen molar-refractivity contribution < 1.29 is 9.59 Å². The van der Waals surface area contributed by atoms with E-state index in [1.807, 2.05) is 19.9 Å². The Morgan fingerprint density at radius 2 is 2.00 bits per heavy atom. The van der Waals surface area contributed by atoms with Crippen molar-refractivity contribution in [3.05, 3.63) is 35.9 Å². The number of rotatable bonds is 5. The molecule has 5 heteroatoms. The van der Waals surface area contributed by atoms with Gasteiger partial charge in [0.25, 0.3) is 0 Å². The number of hydrogen-bond acceptors (Lipinski definition) is 3. The maximum absolute atomic E-state index is 12.7. The van der Waals surface area contributed by atoms with Crippen LogP contribution < -0.4 is 10.6 Å². The number of carbonyl (C=O) groups excluding carboxylic acids is 2. The van der Waals surface area contributed by atoms with Crippen LogP contribution in [0.2, 0.25) is 0 Å². The second kappa shape index (κ2) is 7.16. The minimum absolute atomic E-state index is 0.0222. The average Bonchev–Trinajstić information content (AvgIpc) is 3.08. The number of carbonyl (C=O) groups is 2. The smallest absolute Gasteiger partial charge is 0.227 e. The Morgan fingerprint density at radius 1 is 1.28 bits per heavy atom. The second-order valence-electron chi connectivity index (χ2n) is 7.89. The molecule has 1 aliphatic heterocycles. The fraction of sp³-hybridized carbons (Fsp3) is 0.600. The topological polar surface area (TPSA) is 61.4 Å². The van der Waals surface area contributed by atoms with E-state index >= 15 is 0 Å². The summed E-state index contributed by atoms with van der Waals surface area (Å²) in [6, 6.07) is 10.5. The van der Waals surface area contributed by atoms with E-state index < -0.39 is 0 Å². The van der Waals surface area contributed by atoms with Crippen LogP contribution >= 0.6 is 0 Å². The summed E-state index contributed by atoms with van der Waals surface area (Å²) in [5, 5.41) is 6.01. The maximum Gasteiger partial charge on any atom is 0.227 e. The highest BCUT2D eigenvalue weighted by atomic mass is 16.2. The lowest BCUT2D eigenvalue weighted by molar-refractivity contribution is -0.131. The van der Waals surface area contributed by atoms with Gasteiger partial charge < -0.3 is 10.6 Å². The number of fused-ring (bicyclic) bond motifs is 1. The van der Waals surface area contributed by atoms with E-state index in [1.165, 1.54) is 5.56 Å². The van der Waals surface area contributed by atoms with E-state index in [-0.39, 0.29) is 29.2 Å². The molecule has 1 saturated heterocycles. The first-order chi connectivity index (χ1) is 11.9. The van der Waals surface area contributed by atoms with Gasteiger partial charge in [0.2, 0.25) is 11.8 Å². The van der Waals surface area contributed by atoms with Crippen LogP contribution in [0, 0.1) is 17.3 Å². The van der Waals surface area contributed by atoms with E-state index in [0.717, 1.165) is 32.5 Å². The quantitative estimate of drug-likeness (QED) is 0.857. The van der Waals surface area contributed by atoms with Crippen LogP contribution in [-0.2, 0) is 16.1 Å². The molecular weight excluding hydrogens is 314 g/mol. The average molecular weight is 343 g/mol. The van der Waals surface area contributed by atoms with Gasteiger partial charge in [0.1, 0.15) is 0 Å². The predicted octanol–water partition coefficient (Wildman–Crippen LogP) is 1.79. The number of amides is 2. The van der Waals surface area contributed by atoms with Crippen LogP contribution in [-0.4, -0.2) is 42.9 Å². The minimum atomic E-state index is -0.377. The fourth-order valence-corrected chi connectivity index (χ4v) is 4.52. The van der Waals surface area contributed by atoms with E-state index in [1.54, 1.807) is 7.05 Å². The van der Waals surface area contributed by atoms with Crippen molar-refractivity contribution in [2.75, 3.05) is 20.1 Å². The first kappa shape index (κ1) is 17.9. The molecular formula is C20H29N3O2. The van der Waals surface area contributed by atoms with E-state index in [2.05, 4.69) is 39.8 Å². The monoisotopic (exact) mass is 343 g/mol. The summed E-state index contributed by atoms with van der Waals surface area (Å²) in [6.07, 6.45) is 1.62. The molecule has 0 aromatic heterocycles. The number of nitrogens with one attached hydrogen (secondary N) is 2. The maximum atomic E-state index is 12.7. The lowest BCUT2D eigenvalue weighted by Crippen LogP contribution is -2.44. The second-order valence-corrected chi connectivity index (χ2v) is 7.89. The van der Waals surface area contributed by atoms with E-state index in [4.69, 9.17) is 0 Å². The van der Waals surface area contributed by atoms with Crippen LogP contribution in [0.25, 0.3) is 0 Å². The van der Waals surface area contributed by atoms with Crippen molar-refractivity contribution in [3.8, 4) is 0 Å². The molecule has 1 heterocycles. The van der Waals surface area contributed by atoms with Crippen molar-refractivity contribution in [2.24, 2.45) is 17.3 Å². The zero-order valence-electron chi connectivity index (χ0n) is 15.4. The first-order valence-electron chi connectivity index (χ1n) is 9.23. The molecule has 25 heavy (non-hydrogen) atoms. The lowest BCUT2D eigenvalue weighted by Gasteiger charge is -2.27. The number of benzene rings is 1. The van der Waals surface area contributed by atoms with Gasteiger partial charge in [0.05, 0.1) is 5.41 Å². The largest absolute Gasteiger partial charge is 0.359 e. The van der Waals surface area contributed by atoms with E-state index in [0.29, 0.717) is 5.92 Å². The van der Waals surface area contributed by atoms with Crippen molar-refractivity contribution >= 4 is 11.8 Å². The summed E-state index contributed by atoms with van der Waals surface area (Å²) in [5.74, 6) is 0.479. The van der Waals surface area contributed by atoms with Crippen molar-refractivity contribution in [2.45, 2.75) is 39.3 Å². The van der Waals surface area contributed by atoms with Crippen molar-refractivity contribution in [3.63, 3.8) is 0 Å². The summed E-state index contributed by atoms with van der Waals surface area (Å²) in [6.45, 7) is 6.36. The third-order valence-corrected chi connectivity index (χ3v) is 5.74. The molecule has 1 aromatic carbocycles. The highest BCUT2D eigenvalue weighted by Crippen LogP contribution is 2.49. The highest BCUT2D eigenvalue weighted by Gasteiger charge is 2.57. The molecule has 3 rings (SSSR count). The van der Waals surface area contributed by atoms with Crippen LogP contribution in [0.5, 0.6) is 0 Å². The van der Waals surface area contributed by atoms with Crippen molar-refractivity contribution in [1.29, 1.82) is 0 Å². The van der Waals surface area contributed by atoms with Crippen LogP contribution in [0.15, 0.2) is 30.3 Å². The Bertz CT molecular complexity index is 631. The van der Waals surface area contributed by atoms with Crippen LogP contribution in [0.4, 0.5) is 0 Å². The summed E-state index contributed by atoms with van der Waals surface area (Å²) < 4.78 is 0. The number of nitrogens with zero attached hydrogens (tertiary/aromatic N) is 1. The van der Waals surface area contributed by atoms with Gasteiger partial charge in [0.15, 0.2) is 0 Å². The lowest BCUT2D eigenvalue weighted by atomic mass is 9.80. The number of hydrogen-bond donors (Lipinski definition) is 2. The molecule has 2 fully saturated rings. The molecule has 1 aromatic rings. The van der Waals surface area contributed by atoms with Gasteiger partial charge in [-0.1, -0.05) is 44.2 Å². The Morgan fingerprint density at radius 3 is 2.64 bits per heavy atom. The van der Waals surface area contributed by atoms with Crippen molar-refractivity contribution in [1.82, 2.24) is 15.5 Å². The van der Waals surface area contributed by atoms with Gasteiger partial charge in [-0.25, -0.2) is 0 Å².